The van der Waals surface area contributed by atoms with Gasteiger partial charge in [-0.05, 0) is 74.1 Å². The molecule has 0 N–H and O–H groups in total. The van der Waals surface area contributed by atoms with Gasteiger partial charge in [-0.3, -0.25) is 4.79 Å². The van der Waals surface area contributed by atoms with Crippen LogP contribution in [0.25, 0.3) is 0 Å². The Morgan fingerprint density at radius 1 is 1.11 bits per heavy atom. The fraction of sp³-hybridized carbons (Fsp3) is 0.400. The van der Waals surface area contributed by atoms with Gasteiger partial charge in [0.05, 0.1) is 6.61 Å². The highest BCUT2D eigenvalue weighted by Gasteiger charge is 2.24. The van der Waals surface area contributed by atoms with Crippen molar-refractivity contribution in [3.8, 4) is 17.6 Å². The van der Waals surface area contributed by atoms with Crippen LogP contribution in [0.1, 0.15) is 49.8 Å². The summed E-state index contributed by atoms with van der Waals surface area (Å²) in [5.41, 5.74) is 3.19. The van der Waals surface area contributed by atoms with Crippen molar-refractivity contribution in [3.05, 3.63) is 65.2 Å². The maximum absolute atomic E-state index is 12.2. The van der Waals surface area contributed by atoms with E-state index in [1.54, 1.807) is 0 Å². The van der Waals surface area contributed by atoms with Gasteiger partial charge < -0.3 is 9.47 Å². The van der Waals surface area contributed by atoms with E-state index in [9.17, 15) is 4.79 Å². The number of ketones is 1. The Hall–Kier alpha value is -2.57. The Morgan fingerprint density at radius 2 is 1.75 bits per heavy atom. The molecule has 3 nitrogen and oxygen atoms in total. The van der Waals surface area contributed by atoms with Crippen molar-refractivity contribution in [3.63, 3.8) is 0 Å². The second kappa shape index (κ2) is 10.1. The van der Waals surface area contributed by atoms with Gasteiger partial charge in [-0.15, -0.1) is 0 Å². The fourth-order valence-corrected chi connectivity index (χ4v) is 3.45. The Bertz CT molecular complexity index is 819. The molecule has 2 aromatic carbocycles. The Kier molecular flexibility index (Phi) is 7.28. The van der Waals surface area contributed by atoms with Crippen molar-refractivity contribution in [1.82, 2.24) is 0 Å². The lowest BCUT2D eigenvalue weighted by molar-refractivity contribution is -0.128. The van der Waals surface area contributed by atoms with E-state index in [1.807, 2.05) is 43.3 Å². The van der Waals surface area contributed by atoms with Gasteiger partial charge in [0.1, 0.15) is 11.9 Å². The minimum Gasteiger partial charge on any atom is -0.494 e. The first-order valence-corrected chi connectivity index (χ1v) is 10.1. The minimum absolute atomic E-state index is 0.164. The van der Waals surface area contributed by atoms with Gasteiger partial charge in [-0.2, -0.15) is 0 Å². The largest absolute Gasteiger partial charge is 0.494 e. The van der Waals surface area contributed by atoms with Crippen LogP contribution in [0.15, 0.2) is 48.5 Å². The zero-order chi connectivity index (χ0) is 19.8. The summed E-state index contributed by atoms with van der Waals surface area (Å²) in [6, 6.07) is 16.1. The number of hydrogen-bond acceptors (Lipinski definition) is 3. The summed E-state index contributed by atoms with van der Waals surface area (Å²) >= 11 is 0. The first kappa shape index (κ1) is 20.2. The van der Waals surface area contributed by atoms with Gasteiger partial charge in [-0.25, -0.2) is 0 Å². The molecular formula is C25H28O3. The first-order chi connectivity index (χ1) is 13.6. The second-order valence-electron chi connectivity index (χ2n) is 7.39. The van der Waals surface area contributed by atoms with Crippen LogP contribution in [0.2, 0.25) is 0 Å². The topological polar surface area (TPSA) is 35.5 Å². The summed E-state index contributed by atoms with van der Waals surface area (Å²) < 4.78 is 10.9. The van der Waals surface area contributed by atoms with Crippen LogP contribution in [0.4, 0.5) is 0 Å². The molecule has 1 fully saturated rings. The van der Waals surface area contributed by atoms with Crippen molar-refractivity contribution in [2.45, 2.75) is 45.6 Å². The molecule has 0 amide bonds. The molecule has 28 heavy (non-hydrogen) atoms. The highest BCUT2D eigenvalue weighted by molar-refractivity contribution is 5.83. The van der Waals surface area contributed by atoms with Gasteiger partial charge >= 0.3 is 0 Å². The molecule has 2 unspecified atom stereocenters. The SMILES string of the molecule is CCOc1ccc(C#Cc2ccc(CC(C)CC(=O)C3CCCO3)cc2)cc1. The van der Waals surface area contributed by atoms with E-state index in [0.717, 1.165) is 42.7 Å². The van der Waals surface area contributed by atoms with Crippen molar-refractivity contribution in [2.75, 3.05) is 13.2 Å². The molecule has 0 spiro atoms. The molecule has 3 rings (SSSR count). The van der Waals surface area contributed by atoms with Crippen LogP contribution in [-0.2, 0) is 16.0 Å². The summed E-state index contributed by atoms with van der Waals surface area (Å²) in [4.78, 5) is 12.2. The van der Waals surface area contributed by atoms with Crippen LogP contribution >= 0.6 is 0 Å². The molecular weight excluding hydrogens is 348 g/mol. The van der Waals surface area contributed by atoms with Gasteiger partial charge in [0.15, 0.2) is 5.78 Å². The summed E-state index contributed by atoms with van der Waals surface area (Å²) in [5, 5.41) is 0. The molecule has 1 aliphatic heterocycles. The number of benzene rings is 2. The molecule has 0 aliphatic carbocycles. The molecule has 1 aliphatic rings. The molecule has 146 valence electrons. The van der Waals surface area contributed by atoms with Gasteiger partial charge in [-0.1, -0.05) is 30.9 Å². The maximum atomic E-state index is 12.2. The molecule has 0 bridgehead atoms. The molecule has 1 saturated heterocycles. The van der Waals surface area contributed by atoms with E-state index in [4.69, 9.17) is 9.47 Å². The van der Waals surface area contributed by atoms with Gasteiger partial charge in [0, 0.05) is 24.2 Å². The number of carbonyl (C=O) groups excluding carboxylic acids is 1. The minimum atomic E-state index is -0.164. The molecule has 2 aromatic rings. The standard InChI is InChI=1S/C25H28O3/c1-3-27-23-14-12-21(13-15-23)7-6-20-8-10-22(11-9-20)17-19(2)18-24(26)25-5-4-16-28-25/h8-15,19,25H,3-5,16-18H2,1-2H3. The predicted molar refractivity (Wildman–Crippen MR) is 111 cm³/mol. The van der Waals surface area contributed by atoms with E-state index in [0.29, 0.717) is 18.9 Å². The smallest absolute Gasteiger partial charge is 0.161 e. The molecule has 0 radical (unpaired) electrons. The quantitative estimate of drug-likeness (QED) is 0.651. The second-order valence-corrected chi connectivity index (χ2v) is 7.39. The van der Waals surface area contributed by atoms with Crippen molar-refractivity contribution in [2.24, 2.45) is 5.92 Å². The van der Waals surface area contributed by atoms with Crippen molar-refractivity contribution < 1.29 is 14.3 Å². The van der Waals surface area contributed by atoms with Gasteiger partial charge in [0.2, 0.25) is 0 Å². The van der Waals surface area contributed by atoms with E-state index in [2.05, 4.69) is 30.9 Å². The predicted octanol–water partition coefficient (Wildman–Crippen LogP) is 4.80. The average molecular weight is 376 g/mol. The number of ether oxygens (including phenoxy) is 2. The number of hydrogen-bond donors (Lipinski definition) is 0. The third kappa shape index (κ3) is 5.97. The number of Topliss-reactive ketones (excluding diaryl/α,β-unsaturated/α-hetero) is 1. The third-order valence-corrected chi connectivity index (χ3v) is 4.89. The summed E-state index contributed by atoms with van der Waals surface area (Å²) in [5.74, 6) is 7.82. The zero-order valence-corrected chi connectivity index (χ0v) is 16.7. The Labute approximate surface area is 168 Å². The van der Waals surface area contributed by atoms with E-state index >= 15 is 0 Å². The lowest BCUT2D eigenvalue weighted by atomic mass is 9.93. The van der Waals surface area contributed by atoms with Crippen LogP contribution in [-0.4, -0.2) is 25.1 Å². The lowest BCUT2D eigenvalue weighted by Gasteiger charge is -2.14. The number of rotatable bonds is 7. The Balaban J connectivity index is 1.52. The van der Waals surface area contributed by atoms with E-state index < -0.39 is 0 Å². The number of carbonyl (C=O) groups is 1. The fourth-order valence-electron chi connectivity index (χ4n) is 3.45. The highest BCUT2D eigenvalue weighted by Crippen LogP contribution is 2.19. The Morgan fingerprint density at radius 3 is 2.32 bits per heavy atom. The maximum Gasteiger partial charge on any atom is 0.161 e. The van der Waals surface area contributed by atoms with Crippen LogP contribution in [0.5, 0.6) is 5.75 Å². The molecule has 0 saturated carbocycles. The van der Waals surface area contributed by atoms with E-state index in [-0.39, 0.29) is 11.9 Å². The normalized spacial score (nSPS) is 16.9. The third-order valence-electron chi connectivity index (χ3n) is 4.89. The van der Waals surface area contributed by atoms with Crippen molar-refractivity contribution >= 4 is 5.78 Å². The lowest BCUT2D eigenvalue weighted by Crippen LogP contribution is -2.22. The summed E-state index contributed by atoms with van der Waals surface area (Å²) in [7, 11) is 0. The van der Waals surface area contributed by atoms with Gasteiger partial charge in [0.25, 0.3) is 0 Å². The average Bonchev–Trinajstić information content (AvgIpc) is 3.24. The highest BCUT2D eigenvalue weighted by atomic mass is 16.5. The summed E-state index contributed by atoms with van der Waals surface area (Å²) in [6.45, 7) is 5.50. The molecule has 0 aromatic heterocycles. The van der Waals surface area contributed by atoms with Crippen LogP contribution in [0, 0.1) is 17.8 Å². The zero-order valence-electron chi connectivity index (χ0n) is 16.7. The van der Waals surface area contributed by atoms with Crippen LogP contribution in [0.3, 0.4) is 0 Å². The van der Waals surface area contributed by atoms with E-state index in [1.165, 1.54) is 5.56 Å². The van der Waals surface area contributed by atoms with Crippen LogP contribution < -0.4 is 4.74 Å². The summed E-state index contributed by atoms with van der Waals surface area (Å²) in [6.07, 6.45) is 3.20. The molecule has 1 heterocycles. The van der Waals surface area contributed by atoms with Crippen molar-refractivity contribution in [1.29, 1.82) is 0 Å². The monoisotopic (exact) mass is 376 g/mol. The first-order valence-electron chi connectivity index (χ1n) is 10.1. The molecule has 3 heteroatoms. The molecule has 2 atom stereocenters.